The van der Waals surface area contributed by atoms with E-state index in [1.807, 2.05) is 13.8 Å². The molecule has 0 aliphatic heterocycles. The van der Waals surface area contributed by atoms with Gasteiger partial charge in [-0.1, -0.05) is 0 Å². The molecule has 6 heteroatoms. The van der Waals surface area contributed by atoms with Crippen LogP contribution in [-0.4, -0.2) is 36.2 Å². The molecular formula is C13H17NO4S. The number of rotatable bonds is 6. The van der Waals surface area contributed by atoms with Gasteiger partial charge in [-0.15, -0.1) is 11.3 Å². The van der Waals surface area contributed by atoms with Crippen molar-refractivity contribution in [2.45, 2.75) is 19.4 Å². The molecule has 1 aromatic heterocycles. The van der Waals surface area contributed by atoms with Gasteiger partial charge in [0.1, 0.15) is 0 Å². The topological polar surface area (TPSA) is 75.6 Å². The highest BCUT2D eigenvalue weighted by Crippen LogP contribution is 2.18. The Kier molecular flexibility index (Phi) is 5.26. The molecule has 1 heterocycles. The maximum absolute atomic E-state index is 12.0. The second-order valence-corrected chi connectivity index (χ2v) is 5.44. The Morgan fingerprint density at radius 1 is 1.53 bits per heavy atom. The minimum absolute atomic E-state index is 0.231. The first kappa shape index (κ1) is 15.4. The first-order valence-electron chi connectivity index (χ1n) is 5.67. The fourth-order valence-electron chi connectivity index (χ4n) is 1.24. The van der Waals surface area contributed by atoms with Crippen LogP contribution in [0.2, 0.25) is 0 Å². The standard InChI is InChI=1S/C13H17NO4S/c1-13(2,18-3)8-14-12(17)11-9(6-7-19-11)4-5-10(15)16/h4-7H,8H2,1-3H3,(H,14,17)(H,15,16)/b5-4+. The first-order valence-corrected chi connectivity index (χ1v) is 6.55. The first-order chi connectivity index (χ1) is 8.85. The zero-order chi connectivity index (χ0) is 14.5. The van der Waals surface area contributed by atoms with Gasteiger partial charge in [-0.3, -0.25) is 4.79 Å². The van der Waals surface area contributed by atoms with Gasteiger partial charge in [-0.2, -0.15) is 0 Å². The fraction of sp³-hybridized carbons (Fsp3) is 0.385. The van der Waals surface area contributed by atoms with Crippen LogP contribution in [0.1, 0.15) is 29.1 Å². The number of carboxylic acids is 1. The van der Waals surface area contributed by atoms with Crippen molar-refractivity contribution in [2.24, 2.45) is 0 Å². The van der Waals surface area contributed by atoms with Crippen molar-refractivity contribution >= 4 is 29.3 Å². The lowest BCUT2D eigenvalue weighted by Crippen LogP contribution is -2.39. The van der Waals surface area contributed by atoms with Gasteiger partial charge in [0, 0.05) is 19.7 Å². The average molecular weight is 283 g/mol. The number of carboxylic acid groups (broad SMARTS) is 1. The SMILES string of the molecule is COC(C)(C)CNC(=O)c1sccc1/C=C/C(=O)O. The van der Waals surface area contributed by atoms with Crippen LogP contribution in [0.4, 0.5) is 0 Å². The maximum Gasteiger partial charge on any atom is 0.328 e. The summed E-state index contributed by atoms with van der Waals surface area (Å²) in [4.78, 5) is 23.0. The van der Waals surface area contributed by atoms with Crippen molar-refractivity contribution in [3.05, 3.63) is 28.0 Å². The lowest BCUT2D eigenvalue weighted by molar-refractivity contribution is -0.131. The lowest BCUT2D eigenvalue weighted by atomic mass is 10.1. The summed E-state index contributed by atoms with van der Waals surface area (Å²) in [5.41, 5.74) is 0.157. The smallest absolute Gasteiger partial charge is 0.328 e. The second-order valence-electron chi connectivity index (χ2n) is 4.52. The summed E-state index contributed by atoms with van der Waals surface area (Å²) in [6.45, 7) is 4.11. The highest BCUT2D eigenvalue weighted by Gasteiger charge is 2.19. The molecule has 0 saturated heterocycles. The molecule has 0 unspecified atom stereocenters. The number of nitrogens with one attached hydrogen (secondary N) is 1. The summed E-state index contributed by atoms with van der Waals surface area (Å²) < 4.78 is 5.21. The van der Waals surface area contributed by atoms with E-state index >= 15 is 0 Å². The molecule has 5 nitrogen and oxygen atoms in total. The van der Waals surface area contributed by atoms with Crippen molar-refractivity contribution in [3.63, 3.8) is 0 Å². The molecular weight excluding hydrogens is 266 g/mol. The van der Waals surface area contributed by atoms with Crippen LogP contribution in [0.15, 0.2) is 17.5 Å². The number of amides is 1. The molecule has 0 bridgehead atoms. The summed E-state index contributed by atoms with van der Waals surface area (Å²) >= 11 is 1.27. The minimum atomic E-state index is -1.04. The van der Waals surface area contributed by atoms with Gasteiger partial charge in [0.15, 0.2) is 0 Å². The molecule has 0 fully saturated rings. The lowest BCUT2D eigenvalue weighted by Gasteiger charge is -2.22. The number of hydrogen-bond donors (Lipinski definition) is 2. The van der Waals surface area contributed by atoms with Crippen LogP contribution in [0, 0.1) is 0 Å². The van der Waals surface area contributed by atoms with Crippen LogP contribution in [-0.2, 0) is 9.53 Å². The van der Waals surface area contributed by atoms with E-state index in [0.29, 0.717) is 17.0 Å². The summed E-state index contributed by atoms with van der Waals surface area (Å²) in [7, 11) is 1.58. The monoisotopic (exact) mass is 283 g/mol. The number of thiophene rings is 1. The molecule has 104 valence electrons. The van der Waals surface area contributed by atoms with E-state index in [1.54, 1.807) is 18.6 Å². The van der Waals surface area contributed by atoms with E-state index in [4.69, 9.17) is 9.84 Å². The number of aliphatic carboxylic acids is 1. The average Bonchev–Trinajstić information content (AvgIpc) is 2.82. The van der Waals surface area contributed by atoms with E-state index in [2.05, 4.69) is 5.32 Å². The summed E-state index contributed by atoms with van der Waals surface area (Å²) in [6.07, 6.45) is 2.42. The molecule has 0 saturated carbocycles. The second kappa shape index (κ2) is 6.49. The van der Waals surface area contributed by atoms with Crippen LogP contribution in [0.5, 0.6) is 0 Å². The van der Waals surface area contributed by atoms with Gasteiger partial charge < -0.3 is 15.2 Å². The molecule has 0 aromatic carbocycles. The zero-order valence-corrected chi connectivity index (χ0v) is 11.9. The van der Waals surface area contributed by atoms with E-state index < -0.39 is 11.6 Å². The van der Waals surface area contributed by atoms with E-state index in [9.17, 15) is 9.59 Å². The number of methoxy groups -OCH3 is 1. The van der Waals surface area contributed by atoms with Gasteiger partial charge >= 0.3 is 5.97 Å². The Morgan fingerprint density at radius 2 is 2.21 bits per heavy atom. The number of hydrogen-bond acceptors (Lipinski definition) is 4. The minimum Gasteiger partial charge on any atom is -0.478 e. The highest BCUT2D eigenvalue weighted by molar-refractivity contribution is 7.12. The van der Waals surface area contributed by atoms with Crippen molar-refractivity contribution in [3.8, 4) is 0 Å². The van der Waals surface area contributed by atoms with Crippen LogP contribution >= 0.6 is 11.3 Å². The molecule has 1 aromatic rings. The molecule has 1 amide bonds. The van der Waals surface area contributed by atoms with Crippen molar-refractivity contribution in [2.75, 3.05) is 13.7 Å². The van der Waals surface area contributed by atoms with Gasteiger partial charge in [0.25, 0.3) is 5.91 Å². The summed E-state index contributed by atoms with van der Waals surface area (Å²) in [6, 6.07) is 1.71. The van der Waals surface area contributed by atoms with Gasteiger partial charge in [-0.05, 0) is 36.9 Å². The van der Waals surface area contributed by atoms with Gasteiger partial charge in [0.05, 0.1) is 10.5 Å². The summed E-state index contributed by atoms with van der Waals surface area (Å²) in [5.74, 6) is -1.27. The molecule has 1 rings (SSSR count). The third-order valence-corrected chi connectivity index (χ3v) is 3.46. The normalized spacial score (nSPS) is 11.7. The van der Waals surface area contributed by atoms with Crippen LogP contribution in [0.3, 0.4) is 0 Å². The van der Waals surface area contributed by atoms with Crippen molar-refractivity contribution in [1.82, 2.24) is 5.32 Å². The maximum atomic E-state index is 12.0. The molecule has 0 aliphatic carbocycles. The predicted octanol–water partition coefficient (Wildman–Crippen LogP) is 2.00. The van der Waals surface area contributed by atoms with Gasteiger partial charge in [-0.25, -0.2) is 4.79 Å². The third-order valence-electron chi connectivity index (χ3n) is 2.53. The Morgan fingerprint density at radius 3 is 2.79 bits per heavy atom. The van der Waals surface area contributed by atoms with E-state index in [1.165, 1.54) is 17.4 Å². The van der Waals surface area contributed by atoms with E-state index in [0.717, 1.165) is 6.08 Å². The van der Waals surface area contributed by atoms with Gasteiger partial charge in [0.2, 0.25) is 0 Å². The Balaban J connectivity index is 2.73. The van der Waals surface area contributed by atoms with Crippen molar-refractivity contribution in [1.29, 1.82) is 0 Å². The van der Waals surface area contributed by atoms with E-state index in [-0.39, 0.29) is 5.91 Å². The Hall–Kier alpha value is -1.66. The Bertz CT molecular complexity index is 491. The predicted molar refractivity (Wildman–Crippen MR) is 74.4 cm³/mol. The Labute approximate surface area is 115 Å². The summed E-state index contributed by atoms with van der Waals surface area (Å²) in [5, 5.41) is 13.1. The fourth-order valence-corrected chi connectivity index (χ4v) is 2.04. The number of carbonyl (C=O) groups excluding carboxylic acids is 1. The quantitative estimate of drug-likeness (QED) is 0.783. The molecule has 0 radical (unpaired) electrons. The molecule has 0 atom stereocenters. The molecule has 19 heavy (non-hydrogen) atoms. The zero-order valence-electron chi connectivity index (χ0n) is 11.1. The molecule has 2 N–H and O–H groups in total. The van der Waals surface area contributed by atoms with Crippen LogP contribution in [0.25, 0.3) is 6.08 Å². The largest absolute Gasteiger partial charge is 0.478 e. The number of carbonyl (C=O) groups is 2. The number of ether oxygens (including phenoxy) is 1. The third kappa shape index (κ3) is 4.84. The van der Waals surface area contributed by atoms with Crippen molar-refractivity contribution < 1.29 is 19.4 Å². The highest BCUT2D eigenvalue weighted by atomic mass is 32.1. The van der Waals surface area contributed by atoms with Crippen LogP contribution < -0.4 is 5.32 Å². The molecule has 0 aliphatic rings. The molecule has 0 spiro atoms.